The number of hydrogen-bond donors (Lipinski definition) is 3. The van der Waals surface area contributed by atoms with E-state index in [2.05, 4.69) is 16.0 Å². The van der Waals surface area contributed by atoms with Gasteiger partial charge in [-0.2, -0.15) is 0 Å². The van der Waals surface area contributed by atoms with Crippen molar-refractivity contribution < 1.29 is 66.7 Å². The zero-order valence-corrected chi connectivity index (χ0v) is 30.3. The molecule has 2 rings (SSSR count). The highest BCUT2D eigenvalue weighted by Gasteiger charge is 2.51. The van der Waals surface area contributed by atoms with E-state index in [9.17, 15) is 33.6 Å². The molecule has 0 aromatic heterocycles. The molecule has 0 saturated carbocycles. The zero-order chi connectivity index (χ0) is 38.5. The highest BCUT2D eigenvalue weighted by molar-refractivity contribution is 5.90. The summed E-state index contributed by atoms with van der Waals surface area (Å²) < 4.78 is 38.7. The molecule has 1 aromatic carbocycles. The Bertz CT molecular complexity index is 1380. The first-order chi connectivity index (χ1) is 23.8. The van der Waals surface area contributed by atoms with Gasteiger partial charge in [-0.15, -0.1) is 0 Å². The second kappa shape index (κ2) is 19.6. The van der Waals surface area contributed by atoms with Crippen LogP contribution in [0.2, 0.25) is 0 Å². The standard InChI is InChI=1S/C34H49N3O14/c1-18(2)26(31(43)51-34(7,8)9)37-30(42)24(36-33(44)47-15-23-13-11-10-12-14-23)16-46-32-27(35-19(3)38)29(49-22(6)41)28(48-21(5)40)25(50-32)17-45-20(4)39/h10-14,18,24-29,32H,15-17H2,1-9H3,(H,35,38)(H,36,44)(H,37,42)/t24-,25+,26-,27+,28+,29+,32+/m0/s1. The molecule has 7 atom stereocenters. The SMILES string of the molecule is CC(=O)N[C@H]1[C@H](OC[C@H](NC(=O)OCc2ccccc2)C(=O)N[C@H](C(=O)OC(C)(C)C)C(C)C)O[C@H](COC(C)=O)[C@@H](OC(C)=O)[C@@H]1OC(C)=O. The lowest BCUT2D eigenvalue weighted by molar-refractivity contribution is -0.278. The van der Waals surface area contributed by atoms with E-state index in [0.29, 0.717) is 5.56 Å². The lowest BCUT2D eigenvalue weighted by Gasteiger charge is -2.45. The van der Waals surface area contributed by atoms with Gasteiger partial charge in [-0.1, -0.05) is 44.2 Å². The predicted molar refractivity (Wildman–Crippen MR) is 176 cm³/mol. The van der Waals surface area contributed by atoms with Crippen LogP contribution >= 0.6 is 0 Å². The Morgan fingerprint density at radius 1 is 0.824 bits per heavy atom. The third-order valence-corrected chi connectivity index (χ3v) is 6.94. The highest BCUT2D eigenvalue weighted by Crippen LogP contribution is 2.28. The van der Waals surface area contributed by atoms with Gasteiger partial charge >= 0.3 is 30.0 Å². The number of rotatable bonds is 15. The third kappa shape index (κ3) is 14.9. The van der Waals surface area contributed by atoms with Crippen LogP contribution in [0.15, 0.2) is 30.3 Å². The van der Waals surface area contributed by atoms with Crippen LogP contribution in [0.1, 0.15) is 67.9 Å². The van der Waals surface area contributed by atoms with Crippen LogP contribution in [0, 0.1) is 5.92 Å². The van der Waals surface area contributed by atoms with E-state index in [0.717, 1.165) is 27.7 Å². The first-order valence-electron chi connectivity index (χ1n) is 16.3. The van der Waals surface area contributed by atoms with Gasteiger partial charge in [0.15, 0.2) is 18.5 Å². The Labute approximate surface area is 296 Å². The molecule has 1 aromatic rings. The summed E-state index contributed by atoms with van der Waals surface area (Å²) in [5.74, 6) is -4.96. The first-order valence-corrected chi connectivity index (χ1v) is 16.3. The van der Waals surface area contributed by atoms with Crippen LogP contribution < -0.4 is 16.0 Å². The molecule has 284 valence electrons. The fraction of sp³-hybridized carbons (Fsp3) is 0.618. The van der Waals surface area contributed by atoms with E-state index in [1.807, 2.05) is 0 Å². The van der Waals surface area contributed by atoms with E-state index in [-0.39, 0.29) is 6.61 Å². The number of carbonyl (C=O) groups excluding carboxylic acids is 7. The van der Waals surface area contributed by atoms with Crippen molar-refractivity contribution in [3.8, 4) is 0 Å². The normalized spacial score (nSPS) is 21.3. The summed E-state index contributed by atoms with van der Waals surface area (Å²) >= 11 is 0. The molecule has 1 fully saturated rings. The lowest BCUT2D eigenvalue weighted by Crippen LogP contribution is -2.67. The minimum atomic E-state index is -1.55. The summed E-state index contributed by atoms with van der Waals surface area (Å²) in [6.45, 7) is 11.6. The van der Waals surface area contributed by atoms with Gasteiger partial charge in [0, 0.05) is 27.7 Å². The van der Waals surface area contributed by atoms with Crippen LogP contribution in [0.5, 0.6) is 0 Å². The van der Waals surface area contributed by atoms with E-state index in [4.69, 9.17) is 33.2 Å². The van der Waals surface area contributed by atoms with Crippen molar-refractivity contribution in [3.05, 3.63) is 35.9 Å². The number of carbonyl (C=O) groups is 7. The van der Waals surface area contributed by atoms with E-state index in [1.54, 1.807) is 65.0 Å². The number of nitrogens with one attached hydrogen (secondary N) is 3. The molecule has 1 heterocycles. The molecule has 1 aliphatic rings. The van der Waals surface area contributed by atoms with Gasteiger partial charge in [0.1, 0.15) is 43.0 Å². The van der Waals surface area contributed by atoms with Crippen molar-refractivity contribution in [2.24, 2.45) is 5.92 Å². The molecule has 0 radical (unpaired) electrons. The number of amides is 3. The molecule has 0 bridgehead atoms. The summed E-state index contributed by atoms with van der Waals surface area (Å²) in [5, 5.41) is 7.57. The Hall–Kier alpha value is -4.77. The predicted octanol–water partition coefficient (Wildman–Crippen LogP) is 1.44. The monoisotopic (exact) mass is 723 g/mol. The van der Waals surface area contributed by atoms with Crippen LogP contribution in [0.3, 0.4) is 0 Å². The maximum atomic E-state index is 13.7. The molecular formula is C34H49N3O14. The lowest BCUT2D eigenvalue weighted by atomic mass is 9.96. The van der Waals surface area contributed by atoms with Crippen LogP contribution in [-0.4, -0.2) is 103 Å². The maximum Gasteiger partial charge on any atom is 0.408 e. The Balaban J connectivity index is 2.45. The van der Waals surface area contributed by atoms with Crippen molar-refractivity contribution >= 4 is 41.8 Å². The molecule has 0 spiro atoms. The number of benzene rings is 1. The Morgan fingerprint density at radius 2 is 1.43 bits per heavy atom. The van der Waals surface area contributed by atoms with Gasteiger partial charge in [0.05, 0.1) is 6.61 Å². The average Bonchev–Trinajstić information content (AvgIpc) is 3.01. The van der Waals surface area contributed by atoms with Gasteiger partial charge in [0.2, 0.25) is 11.8 Å². The van der Waals surface area contributed by atoms with E-state index in [1.165, 1.54) is 0 Å². The molecule has 17 heteroatoms. The summed E-state index contributed by atoms with van der Waals surface area (Å²) in [5.41, 5.74) is -0.194. The van der Waals surface area contributed by atoms with E-state index >= 15 is 0 Å². The van der Waals surface area contributed by atoms with Gasteiger partial charge in [-0.05, 0) is 32.3 Å². The largest absolute Gasteiger partial charge is 0.463 e. The van der Waals surface area contributed by atoms with E-state index < -0.39 is 109 Å². The molecular weight excluding hydrogens is 674 g/mol. The van der Waals surface area contributed by atoms with Crippen molar-refractivity contribution in [3.63, 3.8) is 0 Å². The molecule has 1 saturated heterocycles. The Morgan fingerprint density at radius 3 is 1.96 bits per heavy atom. The van der Waals surface area contributed by atoms with Gasteiger partial charge in [-0.3, -0.25) is 24.0 Å². The summed E-state index contributed by atoms with van der Waals surface area (Å²) in [6, 6.07) is 4.73. The average molecular weight is 724 g/mol. The van der Waals surface area contributed by atoms with Crippen LogP contribution in [0.25, 0.3) is 0 Å². The molecule has 0 aliphatic carbocycles. The van der Waals surface area contributed by atoms with Crippen LogP contribution in [0.4, 0.5) is 4.79 Å². The summed E-state index contributed by atoms with van der Waals surface area (Å²) in [6.07, 6.45) is -6.65. The second-order valence-electron chi connectivity index (χ2n) is 13.1. The topological polar surface area (TPSA) is 220 Å². The van der Waals surface area contributed by atoms with Gasteiger partial charge < -0.3 is 49.1 Å². The minimum absolute atomic E-state index is 0.135. The third-order valence-electron chi connectivity index (χ3n) is 6.94. The minimum Gasteiger partial charge on any atom is -0.463 e. The molecule has 3 amide bonds. The molecule has 0 unspecified atom stereocenters. The van der Waals surface area contributed by atoms with Gasteiger partial charge in [-0.25, -0.2) is 9.59 Å². The van der Waals surface area contributed by atoms with Crippen LogP contribution in [-0.2, 0) is 68.5 Å². The number of ether oxygens (including phenoxy) is 7. The van der Waals surface area contributed by atoms with Crippen molar-refractivity contribution in [1.82, 2.24) is 16.0 Å². The van der Waals surface area contributed by atoms with Crippen molar-refractivity contribution in [2.75, 3.05) is 13.2 Å². The number of hydrogen-bond acceptors (Lipinski definition) is 14. The molecule has 3 N–H and O–H groups in total. The van der Waals surface area contributed by atoms with Crippen molar-refractivity contribution in [1.29, 1.82) is 0 Å². The molecule has 51 heavy (non-hydrogen) atoms. The Kier molecular flexibility index (Phi) is 16.3. The second-order valence-corrected chi connectivity index (χ2v) is 13.1. The molecule has 1 aliphatic heterocycles. The number of alkyl carbamates (subject to hydrolysis) is 1. The maximum absolute atomic E-state index is 13.7. The summed E-state index contributed by atoms with van der Waals surface area (Å²) in [4.78, 5) is 88.0. The number of esters is 4. The smallest absolute Gasteiger partial charge is 0.408 e. The molecule has 17 nitrogen and oxygen atoms in total. The quantitative estimate of drug-likeness (QED) is 0.172. The van der Waals surface area contributed by atoms with Crippen molar-refractivity contribution in [2.45, 2.75) is 117 Å². The zero-order valence-electron chi connectivity index (χ0n) is 30.3. The first kappa shape index (κ1) is 42.4. The summed E-state index contributed by atoms with van der Waals surface area (Å²) in [7, 11) is 0. The van der Waals surface area contributed by atoms with Gasteiger partial charge in [0.25, 0.3) is 0 Å². The highest BCUT2D eigenvalue weighted by atomic mass is 16.7. The fourth-order valence-corrected chi connectivity index (χ4v) is 4.83. The fourth-order valence-electron chi connectivity index (χ4n) is 4.83.